The molecular weight excluding hydrogens is 242 g/mol. The predicted octanol–water partition coefficient (Wildman–Crippen LogP) is 2.51. The van der Waals surface area contributed by atoms with E-state index in [0.29, 0.717) is 32.1 Å². The maximum atomic E-state index is 11.3. The summed E-state index contributed by atoms with van der Waals surface area (Å²) in [5, 5.41) is 19.0. The van der Waals surface area contributed by atoms with Crippen molar-refractivity contribution in [3.05, 3.63) is 35.9 Å². The van der Waals surface area contributed by atoms with Crippen molar-refractivity contribution >= 4 is 6.09 Å². The van der Waals surface area contributed by atoms with E-state index in [1.165, 1.54) is 4.90 Å². The van der Waals surface area contributed by atoms with Crippen molar-refractivity contribution in [3.63, 3.8) is 0 Å². The lowest BCUT2D eigenvalue weighted by molar-refractivity contribution is 0.0241. The minimum absolute atomic E-state index is 0.286. The second-order valence-electron chi connectivity index (χ2n) is 5.46. The Labute approximate surface area is 113 Å². The third kappa shape index (κ3) is 3.07. The predicted molar refractivity (Wildman–Crippen MR) is 73.1 cm³/mol. The summed E-state index contributed by atoms with van der Waals surface area (Å²) < 4.78 is 0. The number of nitrogens with zero attached hydrogens (tertiary/aromatic N) is 1. The van der Waals surface area contributed by atoms with Gasteiger partial charge in [-0.1, -0.05) is 30.3 Å². The number of aliphatic hydroxyl groups is 1. The van der Waals surface area contributed by atoms with E-state index in [0.717, 1.165) is 5.56 Å². The first-order chi connectivity index (χ1) is 9.03. The van der Waals surface area contributed by atoms with Crippen LogP contribution >= 0.6 is 0 Å². The van der Waals surface area contributed by atoms with Crippen LogP contribution in [0.4, 0.5) is 4.79 Å². The molecule has 0 unspecified atom stereocenters. The molecule has 1 fully saturated rings. The Balaban J connectivity index is 2.22. The van der Waals surface area contributed by atoms with Crippen LogP contribution in [0.15, 0.2) is 30.3 Å². The van der Waals surface area contributed by atoms with E-state index in [4.69, 9.17) is 0 Å². The highest BCUT2D eigenvalue weighted by molar-refractivity contribution is 5.66. The van der Waals surface area contributed by atoms with Crippen LogP contribution in [0.1, 0.15) is 31.2 Å². The number of likely N-dealkylation sites (N-methyl/N-ethyl adjacent to an activating group) is 1. The normalized spacial score (nSPS) is 26.9. The van der Waals surface area contributed by atoms with Crippen LogP contribution in [0, 0.1) is 0 Å². The maximum Gasteiger partial charge on any atom is 0.407 e. The second kappa shape index (κ2) is 5.61. The Morgan fingerprint density at radius 3 is 2.42 bits per heavy atom. The molecule has 1 saturated carbocycles. The van der Waals surface area contributed by atoms with Gasteiger partial charge in [-0.2, -0.15) is 0 Å². The molecule has 0 spiro atoms. The Kier molecular flexibility index (Phi) is 4.10. The molecule has 4 nitrogen and oxygen atoms in total. The van der Waals surface area contributed by atoms with E-state index in [1.807, 2.05) is 30.3 Å². The van der Waals surface area contributed by atoms with Gasteiger partial charge in [0.1, 0.15) is 0 Å². The molecule has 1 amide bonds. The molecule has 1 aliphatic carbocycles. The summed E-state index contributed by atoms with van der Waals surface area (Å²) in [6.45, 7) is 0. The largest absolute Gasteiger partial charge is 0.465 e. The molecule has 0 saturated heterocycles. The van der Waals surface area contributed by atoms with Crippen molar-refractivity contribution in [2.45, 2.75) is 43.7 Å². The number of hydrogen-bond acceptors (Lipinski definition) is 2. The lowest BCUT2D eigenvalue weighted by atomic mass is 9.75. The number of benzene rings is 1. The summed E-state index contributed by atoms with van der Waals surface area (Å²) in [5.74, 6) is 0. The molecule has 0 heterocycles. The summed E-state index contributed by atoms with van der Waals surface area (Å²) in [4.78, 5) is 12.8. The molecule has 0 atom stereocenters. The van der Waals surface area contributed by atoms with Crippen LogP contribution in [0.3, 0.4) is 0 Å². The van der Waals surface area contributed by atoms with Gasteiger partial charge in [-0.05, 0) is 37.7 Å². The monoisotopic (exact) mass is 263 g/mol. The minimum atomic E-state index is -0.896. The fraction of sp³-hybridized carbons (Fsp3) is 0.533. The highest BCUT2D eigenvalue weighted by atomic mass is 16.4. The van der Waals surface area contributed by atoms with Crippen LogP contribution in [0.2, 0.25) is 0 Å². The summed E-state index contributed by atoms with van der Waals surface area (Å²) in [7, 11) is 1.64. The van der Waals surface area contributed by atoms with Gasteiger partial charge in [0.15, 0.2) is 0 Å². The van der Waals surface area contributed by atoms with Gasteiger partial charge < -0.3 is 15.1 Å². The first-order valence-corrected chi connectivity index (χ1v) is 6.72. The SMILES string of the molecule is CN(C(=O)O)C1(Cc2ccccc2)CCC(O)CC1. The van der Waals surface area contributed by atoms with E-state index >= 15 is 0 Å². The van der Waals surface area contributed by atoms with Crippen molar-refractivity contribution in [2.24, 2.45) is 0 Å². The molecule has 1 aromatic carbocycles. The lowest BCUT2D eigenvalue weighted by Gasteiger charge is -2.44. The number of carbonyl (C=O) groups is 1. The highest BCUT2D eigenvalue weighted by Gasteiger charge is 2.40. The Hall–Kier alpha value is -1.55. The van der Waals surface area contributed by atoms with Gasteiger partial charge in [0.25, 0.3) is 0 Å². The molecule has 2 rings (SSSR count). The summed E-state index contributed by atoms with van der Waals surface area (Å²) in [5.41, 5.74) is 0.763. The number of rotatable bonds is 3. The van der Waals surface area contributed by atoms with E-state index < -0.39 is 6.09 Å². The topological polar surface area (TPSA) is 60.8 Å². The van der Waals surface area contributed by atoms with Crippen molar-refractivity contribution < 1.29 is 15.0 Å². The third-order valence-electron chi connectivity index (χ3n) is 4.26. The Bertz CT molecular complexity index is 424. The quantitative estimate of drug-likeness (QED) is 0.881. The molecule has 0 aromatic heterocycles. The maximum absolute atomic E-state index is 11.3. The van der Waals surface area contributed by atoms with Gasteiger partial charge in [-0.15, -0.1) is 0 Å². The minimum Gasteiger partial charge on any atom is -0.465 e. The van der Waals surface area contributed by atoms with E-state index in [-0.39, 0.29) is 11.6 Å². The average molecular weight is 263 g/mol. The van der Waals surface area contributed by atoms with E-state index in [2.05, 4.69) is 0 Å². The molecule has 0 radical (unpaired) electrons. The fourth-order valence-electron chi connectivity index (χ4n) is 2.95. The lowest BCUT2D eigenvalue weighted by Crippen LogP contribution is -2.53. The molecule has 104 valence electrons. The number of aliphatic hydroxyl groups excluding tert-OH is 1. The molecule has 1 aliphatic rings. The third-order valence-corrected chi connectivity index (χ3v) is 4.26. The van der Waals surface area contributed by atoms with Crippen LogP contribution in [0.25, 0.3) is 0 Å². The fourth-order valence-corrected chi connectivity index (χ4v) is 2.95. The second-order valence-corrected chi connectivity index (χ2v) is 5.46. The van der Waals surface area contributed by atoms with Gasteiger partial charge in [0.2, 0.25) is 0 Å². The molecule has 19 heavy (non-hydrogen) atoms. The zero-order chi connectivity index (χ0) is 13.9. The zero-order valence-electron chi connectivity index (χ0n) is 11.2. The van der Waals surface area contributed by atoms with E-state index in [9.17, 15) is 15.0 Å². The van der Waals surface area contributed by atoms with E-state index in [1.54, 1.807) is 7.05 Å². The summed E-state index contributed by atoms with van der Waals surface area (Å²) >= 11 is 0. The first-order valence-electron chi connectivity index (χ1n) is 6.72. The molecule has 1 aromatic rings. The molecule has 2 N–H and O–H groups in total. The number of hydrogen-bond donors (Lipinski definition) is 2. The molecular formula is C15H21NO3. The van der Waals surface area contributed by atoms with Gasteiger partial charge in [-0.25, -0.2) is 4.79 Å². The van der Waals surface area contributed by atoms with Gasteiger partial charge in [-0.3, -0.25) is 0 Å². The van der Waals surface area contributed by atoms with Crippen LogP contribution in [-0.4, -0.2) is 39.9 Å². The highest BCUT2D eigenvalue weighted by Crippen LogP contribution is 2.36. The zero-order valence-corrected chi connectivity index (χ0v) is 11.2. The Morgan fingerprint density at radius 1 is 1.32 bits per heavy atom. The first kappa shape index (κ1) is 13.9. The van der Waals surface area contributed by atoms with Gasteiger partial charge in [0, 0.05) is 7.05 Å². The standard InChI is InChI=1S/C15H21NO3/c1-16(14(18)19)15(9-7-13(17)8-10-15)11-12-5-3-2-4-6-12/h2-6,13,17H,7-11H2,1H3,(H,18,19). The van der Waals surface area contributed by atoms with Gasteiger partial charge >= 0.3 is 6.09 Å². The van der Waals surface area contributed by atoms with Crippen molar-refractivity contribution in [1.29, 1.82) is 0 Å². The smallest absolute Gasteiger partial charge is 0.407 e. The number of carboxylic acid groups (broad SMARTS) is 1. The van der Waals surface area contributed by atoms with Crippen molar-refractivity contribution in [2.75, 3.05) is 7.05 Å². The molecule has 4 heteroatoms. The van der Waals surface area contributed by atoms with Crippen LogP contribution in [0.5, 0.6) is 0 Å². The summed E-state index contributed by atoms with van der Waals surface area (Å²) in [6, 6.07) is 9.97. The van der Waals surface area contributed by atoms with Crippen LogP contribution in [-0.2, 0) is 6.42 Å². The van der Waals surface area contributed by atoms with Crippen molar-refractivity contribution in [3.8, 4) is 0 Å². The van der Waals surface area contributed by atoms with Crippen molar-refractivity contribution in [1.82, 2.24) is 4.90 Å². The van der Waals surface area contributed by atoms with Gasteiger partial charge in [0.05, 0.1) is 11.6 Å². The number of amides is 1. The molecule has 0 aliphatic heterocycles. The summed E-state index contributed by atoms with van der Waals surface area (Å²) in [6.07, 6.45) is 2.30. The van der Waals surface area contributed by atoms with Crippen LogP contribution < -0.4 is 0 Å². The Morgan fingerprint density at radius 2 is 1.89 bits per heavy atom. The average Bonchev–Trinajstić information content (AvgIpc) is 2.42. The molecule has 0 bridgehead atoms.